The van der Waals surface area contributed by atoms with Crippen LogP contribution >= 0.6 is 0 Å². The Morgan fingerprint density at radius 1 is 1.17 bits per heavy atom. The maximum atomic E-state index is 14.4. The first kappa shape index (κ1) is 27.8. The lowest BCUT2D eigenvalue weighted by atomic mass is 9.72. The Morgan fingerprint density at radius 2 is 1.90 bits per heavy atom. The largest absolute Gasteiger partial charge is 0.366 e. The molecule has 208 valence electrons. The van der Waals surface area contributed by atoms with Gasteiger partial charge in [0.1, 0.15) is 17.7 Å². The van der Waals surface area contributed by atoms with E-state index in [1.807, 2.05) is 39.0 Å². The van der Waals surface area contributed by atoms with Crippen LogP contribution < -0.4 is 16.4 Å². The summed E-state index contributed by atoms with van der Waals surface area (Å²) in [5.74, 6) is 5.92. The number of hydrogen-bond acceptors (Lipinski definition) is 6. The Morgan fingerprint density at radius 3 is 2.51 bits per heavy atom. The maximum Gasteiger partial charge on any atom is 0.249 e. The number of nitriles is 1. The highest BCUT2D eigenvalue weighted by molar-refractivity contribution is 5.94. The van der Waals surface area contributed by atoms with Crippen molar-refractivity contribution in [1.82, 2.24) is 14.6 Å². The summed E-state index contributed by atoms with van der Waals surface area (Å²) < 4.78 is 16.1. The minimum Gasteiger partial charge on any atom is -0.366 e. The smallest absolute Gasteiger partial charge is 0.249 e. The molecule has 4 heterocycles. The number of carbonyl (C=O) groups is 1. The third-order valence-corrected chi connectivity index (χ3v) is 7.80. The van der Waals surface area contributed by atoms with Crippen LogP contribution in [-0.4, -0.2) is 39.1 Å². The predicted octanol–water partition coefficient (Wildman–Crippen LogP) is 4.46. The molecule has 9 heteroatoms. The zero-order valence-electron chi connectivity index (χ0n) is 23.6. The molecule has 0 radical (unpaired) electrons. The molecule has 0 saturated carbocycles. The van der Waals surface area contributed by atoms with Gasteiger partial charge in [-0.25, -0.2) is 13.9 Å². The lowest BCUT2D eigenvalue weighted by molar-refractivity contribution is 0.0999. The number of primary amides is 1. The highest BCUT2D eigenvalue weighted by Gasteiger charge is 2.34. The number of rotatable bonds is 4. The zero-order chi connectivity index (χ0) is 29.5. The highest BCUT2D eigenvalue weighted by Crippen LogP contribution is 2.39. The van der Waals surface area contributed by atoms with Gasteiger partial charge in [0.05, 0.1) is 22.8 Å². The van der Waals surface area contributed by atoms with Crippen LogP contribution in [0.3, 0.4) is 0 Å². The van der Waals surface area contributed by atoms with E-state index in [2.05, 4.69) is 34.8 Å². The van der Waals surface area contributed by atoms with E-state index in [1.165, 1.54) is 12.1 Å². The van der Waals surface area contributed by atoms with E-state index in [0.717, 1.165) is 59.6 Å². The van der Waals surface area contributed by atoms with Crippen molar-refractivity contribution in [3.8, 4) is 29.0 Å². The topological polar surface area (TPSA) is 126 Å². The van der Waals surface area contributed by atoms with Crippen molar-refractivity contribution in [3.05, 3.63) is 82.6 Å². The number of anilines is 1. The number of pyridine rings is 2. The summed E-state index contributed by atoms with van der Waals surface area (Å²) in [6, 6.07) is 10.9. The first-order valence-electron chi connectivity index (χ1n) is 13.4. The van der Waals surface area contributed by atoms with E-state index in [0.29, 0.717) is 11.1 Å². The van der Waals surface area contributed by atoms with Gasteiger partial charge in [0, 0.05) is 47.7 Å². The average molecular weight is 550 g/mol. The van der Waals surface area contributed by atoms with E-state index in [-0.39, 0.29) is 11.0 Å². The zero-order valence-corrected chi connectivity index (χ0v) is 23.6. The lowest BCUT2D eigenvalue weighted by Gasteiger charge is -2.41. The molecule has 41 heavy (non-hydrogen) atoms. The van der Waals surface area contributed by atoms with Crippen molar-refractivity contribution in [1.29, 1.82) is 5.26 Å². The molecule has 0 bridgehead atoms. The molecule has 0 spiro atoms. The summed E-state index contributed by atoms with van der Waals surface area (Å²) in [6.07, 6.45) is 6.66. The van der Waals surface area contributed by atoms with Crippen molar-refractivity contribution >= 4 is 17.2 Å². The van der Waals surface area contributed by atoms with Crippen LogP contribution in [0.4, 0.5) is 10.2 Å². The number of fused-ring (bicyclic) bond motifs is 1. The van der Waals surface area contributed by atoms with Gasteiger partial charge in [-0.05, 0) is 80.5 Å². The van der Waals surface area contributed by atoms with Gasteiger partial charge in [-0.2, -0.15) is 10.4 Å². The third-order valence-electron chi connectivity index (χ3n) is 7.80. The molecule has 1 aliphatic heterocycles. The van der Waals surface area contributed by atoms with Gasteiger partial charge >= 0.3 is 0 Å². The van der Waals surface area contributed by atoms with Crippen LogP contribution in [0.5, 0.6) is 0 Å². The van der Waals surface area contributed by atoms with Gasteiger partial charge < -0.3 is 16.4 Å². The van der Waals surface area contributed by atoms with E-state index < -0.39 is 17.3 Å². The average Bonchev–Trinajstić information content (AvgIpc) is 3.36. The molecule has 4 aromatic rings. The number of aromatic nitrogens is 3. The number of amides is 1. The molecule has 5 rings (SSSR count). The van der Waals surface area contributed by atoms with Crippen LogP contribution in [-0.2, 0) is 5.41 Å². The fraction of sp³-hybridized carbons (Fsp3) is 0.312. The number of halogens is 1. The Kier molecular flexibility index (Phi) is 7.02. The quantitative estimate of drug-likeness (QED) is 0.362. The monoisotopic (exact) mass is 549 g/mol. The number of hydrogen-bond donors (Lipinski definition) is 2. The second-order valence-corrected chi connectivity index (χ2v) is 11.5. The SMILES string of the molecule is Cc1c(C(N)=O)cc(F)cc1C1(C)CCN(c2ccc(-c3cc(C#CC(C)(C)N)cn4ncc(C#N)c34)cn2)CC1. The number of carbonyl (C=O) groups excluding carboxylic acids is 1. The molecule has 4 N–H and O–H groups in total. The van der Waals surface area contributed by atoms with E-state index in [4.69, 9.17) is 16.5 Å². The molecule has 0 aliphatic carbocycles. The third kappa shape index (κ3) is 5.50. The standard InChI is InChI=1S/C32H32FN7O/c1-20-25(30(35)41)14-24(33)15-27(20)32(4)9-11-39(12-10-32)28-6-5-22(17-37-28)26-13-21(7-8-31(2,3)36)19-40-29(26)23(16-34)18-38-40/h5-6,13-15,17-19H,9-12,36H2,1-4H3,(H2,35,41). The number of nitrogens with zero attached hydrogens (tertiary/aromatic N) is 5. The summed E-state index contributed by atoms with van der Waals surface area (Å²) in [5, 5.41) is 14.0. The Balaban J connectivity index is 1.42. The molecule has 1 amide bonds. The van der Waals surface area contributed by atoms with Crippen LogP contribution in [0.1, 0.15) is 66.2 Å². The minimum absolute atomic E-state index is 0.231. The summed E-state index contributed by atoms with van der Waals surface area (Å²) in [7, 11) is 0. The minimum atomic E-state index is -0.651. The number of piperidine rings is 1. The molecule has 0 unspecified atom stereocenters. The molecule has 3 aromatic heterocycles. The van der Waals surface area contributed by atoms with E-state index in [1.54, 1.807) is 23.1 Å². The molecule has 8 nitrogen and oxygen atoms in total. The Labute approximate surface area is 238 Å². The lowest BCUT2D eigenvalue weighted by Crippen LogP contribution is -2.42. The van der Waals surface area contributed by atoms with Crippen molar-refractivity contribution in [2.24, 2.45) is 11.5 Å². The van der Waals surface area contributed by atoms with Crippen molar-refractivity contribution in [2.45, 2.75) is 51.5 Å². The molecule has 1 saturated heterocycles. The Bertz CT molecular complexity index is 1760. The van der Waals surface area contributed by atoms with Crippen molar-refractivity contribution in [3.63, 3.8) is 0 Å². The first-order chi connectivity index (χ1) is 19.4. The molecule has 0 atom stereocenters. The first-order valence-corrected chi connectivity index (χ1v) is 13.4. The fourth-order valence-electron chi connectivity index (χ4n) is 5.52. The normalized spacial score (nSPS) is 14.8. The summed E-state index contributed by atoms with van der Waals surface area (Å²) in [6.45, 7) is 9.06. The second-order valence-electron chi connectivity index (χ2n) is 11.5. The fourth-order valence-corrected chi connectivity index (χ4v) is 5.52. The molecule has 1 aliphatic rings. The summed E-state index contributed by atoms with van der Waals surface area (Å²) in [4.78, 5) is 18.8. The van der Waals surface area contributed by atoms with Crippen LogP contribution in [0.15, 0.2) is 48.9 Å². The van der Waals surface area contributed by atoms with Crippen LogP contribution in [0.25, 0.3) is 16.6 Å². The Hall–Kier alpha value is -4.73. The van der Waals surface area contributed by atoms with Gasteiger partial charge in [-0.15, -0.1) is 0 Å². The number of nitrogens with two attached hydrogens (primary N) is 2. The summed E-state index contributed by atoms with van der Waals surface area (Å²) in [5.41, 5.74) is 15.9. The predicted molar refractivity (Wildman–Crippen MR) is 157 cm³/mol. The van der Waals surface area contributed by atoms with E-state index >= 15 is 0 Å². The highest BCUT2D eigenvalue weighted by atomic mass is 19.1. The van der Waals surface area contributed by atoms with Gasteiger partial charge in [0.2, 0.25) is 5.91 Å². The van der Waals surface area contributed by atoms with Crippen molar-refractivity contribution in [2.75, 3.05) is 18.0 Å². The van der Waals surface area contributed by atoms with E-state index in [9.17, 15) is 14.4 Å². The maximum absolute atomic E-state index is 14.4. The molecular formula is C32H32FN7O. The van der Waals surface area contributed by atoms with Crippen LogP contribution in [0.2, 0.25) is 0 Å². The van der Waals surface area contributed by atoms with Gasteiger partial charge in [-0.3, -0.25) is 4.79 Å². The number of benzene rings is 1. The van der Waals surface area contributed by atoms with Gasteiger partial charge in [0.15, 0.2) is 0 Å². The van der Waals surface area contributed by atoms with Crippen LogP contribution in [0, 0.1) is 35.9 Å². The molecule has 1 fully saturated rings. The molecule has 1 aromatic carbocycles. The second kappa shape index (κ2) is 10.3. The van der Waals surface area contributed by atoms with Gasteiger partial charge in [-0.1, -0.05) is 18.8 Å². The molecular weight excluding hydrogens is 517 g/mol. The summed E-state index contributed by atoms with van der Waals surface area (Å²) >= 11 is 0. The van der Waals surface area contributed by atoms with Gasteiger partial charge in [0.25, 0.3) is 0 Å². The van der Waals surface area contributed by atoms with Crippen molar-refractivity contribution < 1.29 is 9.18 Å².